The molecular formula is C23H24N2O5S. The van der Waals surface area contributed by atoms with Crippen molar-refractivity contribution in [1.29, 1.82) is 0 Å². The van der Waals surface area contributed by atoms with Gasteiger partial charge in [0.15, 0.2) is 0 Å². The molecule has 31 heavy (non-hydrogen) atoms. The quantitative estimate of drug-likeness (QED) is 0.552. The summed E-state index contributed by atoms with van der Waals surface area (Å²) in [5, 5.41) is 2.77. The van der Waals surface area contributed by atoms with E-state index in [1.54, 1.807) is 55.6 Å². The third-order valence-electron chi connectivity index (χ3n) is 4.65. The van der Waals surface area contributed by atoms with Gasteiger partial charge in [0.05, 0.1) is 24.8 Å². The molecule has 1 N–H and O–H groups in total. The van der Waals surface area contributed by atoms with Gasteiger partial charge in [-0.3, -0.25) is 9.10 Å². The number of ether oxygens (including phenoxy) is 2. The first-order chi connectivity index (χ1) is 15.0. The van der Waals surface area contributed by atoms with Gasteiger partial charge in [-0.1, -0.05) is 36.4 Å². The first-order valence-corrected chi connectivity index (χ1v) is 11.0. The molecule has 3 aromatic carbocycles. The largest absolute Gasteiger partial charge is 0.497 e. The first-order valence-electron chi connectivity index (χ1n) is 9.56. The van der Waals surface area contributed by atoms with Crippen molar-refractivity contribution in [3.63, 3.8) is 0 Å². The molecule has 0 aromatic heterocycles. The highest BCUT2D eigenvalue weighted by molar-refractivity contribution is 7.92. The second-order valence-corrected chi connectivity index (χ2v) is 8.47. The van der Waals surface area contributed by atoms with Crippen molar-refractivity contribution in [2.24, 2.45) is 0 Å². The maximum atomic E-state index is 13.3. The van der Waals surface area contributed by atoms with E-state index < -0.39 is 15.9 Å². The van der Waals surface area contributed by atoms with Crippen molar-refractivity contribution in [1.82, 2.24) is 5.32 Å². The Balaban J connectivity index is 1.83. The minimum Gasteiger partial charge on any atom is -0.497 e. The van der Waals surface area contributed by atoms with Crippen molar-refractivity contribution < 1.29 is 22.7 Å². The third-order valence-corrected chi connectivity index (χ3v) is 6.44. The van der Waals surface area contributed by atoms with Crippen LogP contribution in [0.3, 0.4) is 0 Å². The fourth-order valence-corrected chi connectivity index (χ4v) is 4.43. The van der Waals surface area contributed by atoms with Crippen LogP contribution >= 0.6 is 0 Å². The molecule has 0 unspecified atom stereocenters. The summed E-state index contributed by atoms with van der Waals surface area (Å²) in [6.45, 7) is -0.151. The van der Waals surface area contributed by atoms with Gasteiger partial charge in [0.2, 0.25) is 5.91 Å². The van der Waals surface area contributed by atoms with Gasteiger partial charge in [-0.25, -0.2) is 8.42 Å². The highest BCUT2D eigenvalue weighted by atomic mass is 32.2. The Morgan fingerprint density at radius 1 is 0.871 bits per heavy atom. The van der Waals surface area contributed by atoms with E-state index in [2.05, 4.69) is 5.32 Å². The number of amides is 1. The SMILES string of the molecule is COc1ccc(S(=O)(=O)N(CC(=O)NCc2ccccc2OC)c2ccccc2)cc1. The van der Waals surface area contributed by atoms with Crippen molar-refractivity contribution >= 4 is 21.6 Å². The Bertz CT molecular complexity index is 1120. The fraction of sp³-hybridized carbons (Fsp3) is 0.174. The maximum Gasteiger partial charge on any atom is 0.264 e. The van der Waals surface area contributed by atoms with E-state index in [1.807, 2.05) is 18.2 Å². The average molecular weight is 441 g/mol. The van der Waals surface area contributed by atoms with Crippen LogP contribution in [0.2, 0.25) is 0 Å². The minimum atomic E-state index is -3.98. The molecule has 0 saturated heterocycles. The molecule has 0 aliphatic rings. The molecule has 0 fully saturated rings. The number of carbonyl (C=O) groups is 1. The molecule has 1 amide bonds. The van der Waals surface area contributed by atoms with Gasteiger partial charge in [0.1, 0.15) is 18.0 Å². The van der Waals surface area contributed by atoms with Crippen LogP contribution in [0.5, 0.6) is 11.5 Å². The van der Waals surface area contributed by atoms with E-state index in [0.717, 1.165) is 9.87 Å². The van der Waals surface area contributed by atoms with E-state index in [9.17, 15) is 13.2 Å². The Kier molecular flexibility index (Phi) is 7.15. The summed E-state index contributed by atoms with van der Waals surface area (Å²) in [6, 6.07) is 21.9. The Hall–Kier alpha value is -3.52. The molecule has 0 aliphatic carbocycles. The molecule has 0 aliphatic heterocycles. The van der Waals surface area contributed by atoms with Crippen LogP contribution in [0.25, 0.3) is 0 Å². The smallest absolute Gasteiger partial charge is 0.264 e. The molecule has 0 atom stereocenters. The molecule has 7 nitrogen and oxygen atoms in total. The molecule has 8 heteroatoms. The number of hydrogen-bond donors (Lipinski definition) is 1. The van der Waals surface area contributed by atoms with Crippen LogP contribution in [0.1, 0.15) is 5.56 Å². The van der Waals surface area contributed by atoms with Gasteiger partial charge in [0.25, 0.3) is 10.0 Å². The highest BCUT2D eigenvalue weighted by Gasteiger charge is 2.27. The van der Waals surface area contributed by atoms with E-state index in [-0.39, 0.29) is 18.0 Å². The zero-order chi connectivity index (χ0) is 22.3. The number of hydrogen-bond acceptors (Lipinski definition) is 5. The van der Waals surface area contributed by atoms with Gasteiger partial charge in [-0.2, -0.15) is 0 Å². The van der Waals surface area contributed by atoms with Crippen LogP contribution in [-0.4, -0.2) is 35.1 Å². The topological polar surface area (TPSA) is 84.9 Å². The third kappa shape index (κ3) is 5.35. The van der Waals surface area contributed by atoms with Gasteiger partial charge in [-0.15, -0.1) is 0 Å². The van der Waals surface area contributed by atoms with Crippen LogP contribution in [-0.2, 0) is 21.4 Å². The average Bonchev–Trinajstić information content (AvgIpc) is 2.81. The van der Waals surface area contributed by atoms with Gasteiger partial charge in [-0.05, 0) is 42.5 Å². The van der Waals surface area contributed by atoms with Gasteiger partial charge < -0.3 is 14.8 Å². The number of nitrogens with zero attached hydrogens (tertiary/aromatic N) is 1. The summed E-state index contributed by atoms with van der Waals surface area (Å²) >= 11 is 0. The number of anilines is 1. The predicted molar refractivity (Wildman–Crippen MR) is 119 cm³/mol. The molecular weight excluding hydrogens is 416 g/mol. The molecule has 0 saturated carbocycles. The minimum absolute atomic E-state index is 0.0645. The summed E-state index contributed by atoms with van der Waals surface area (Å²) in [7, 11) is -0.917. The summed E-state index contributed by atoms with van der Waals surface area (Å²) in [4.78, 5) is 12.8. The second-order valence-electron chi connectivity index (χ2n) is 6.61. The standard InChI is InChI=1S/C23H24N2O5S/c1-29-20-12-14-21(15-13-20)31(27,28)25(19-9-4-3-5-10-19)17-23(26)24-16-18-8-6-7-11-22(18)30-2/h3-15H,16-17H2,1-2H3,(H,24,26). The maximum absolute atomic E-state index is 13.3. The second kappa shape index (κ2) is 9.99. The number of methoxy groups -OCH3 is 2. The monoisotopic (exact) mass is 440 g/mol. The lowest BCUT2D eigenvalue weighted by Crippen LogP contribution is -2.40. The Morgan fingerprint density at radius 2 is 1.52 bits per heavy atom. The zero-order valence-electron chi connectivity index (χ0n) is 17.3. The van der Waals surface area contributed by atoms with Crippen LogP contribution in [0, 0.1) is 0 Å². The summed E-state index contributed by atoms with van der Waals surface area (Å²) < 4.78 is 38.1. The van der Waals surface area contributed by atoms with Crippen molar-refractivity contribution in [2.45, 2.75) is 11.4 Å². The lowest BCUT2D eigenvalue weighted by atomic mass is 10.2. The van der Waals surface area contributed by atoms with Crippen molar-refractivity contribution in [2.75, 3.05) is 25.1 Å². The normalized spacial score (nSPS) is 10.9. The summed E-state index contributed by atoms with van der Waals surface area (Å²) in [5.41, 5.74) is 1.19. The molecule has 3 rings (SSSR count). The highest BCUT2D eigenvalue weighted by Crippen LogP contribution is 2.25. The van der Waals surface area contributed by atoms with Crippen molar-refractivity contribution in [3.05, 3.63) is 84.4 Å². The van der Waals surface area contributed by atoms with Crippen LogP contribution in [0.15, 0.2) is 83.8 Å². The molecule has 0 heterocycles. The van der Waals surface area contributed by atoms with Crippen LogP contribution in [0.4, 0.5) is 5.69 Å². The number of nitrogens with one attached hydrogen (secondary N) is 1. The number of carbonyl (C=O) groups excluding carboxylic acids is 1. The van der Waals surface area contributed by atoms with Gasteiger partial charge >= 0.3 is 0 Å². The molecule has 3 aromatic rings. The number of rotatable bonds is 9. The van der Waals surface area contributed by atoms with E-state index >= 15 is 0 Å². The number of benzene rings is 3. The molecule has 0 bridgehead atoms. The van der Waals surface area contributed by atoms with Gasteiger partial charge in [0, 0.05) is 12.1 Å². The first kappa shape index (κ1) is 22.2. The summed E-state index contributed by atoms with van der Waals surface area (Å²) in [6.07, 6.45) is 0. The molecule has 0 spiro atoms. The zero-order valence-corrected chi connectivity index (χ0v) is 18.1. The fourth-order valence-electron chi connectivity index (χ4n) is 3.01. The number of para-hydroxylation sites is 2. The van der Waals surface area contributed by atoms with E-state index in [0.29, 0.717) is 17.2 Å². The van der Waals surface area contributed by atoms with E-state index in [1.165, 1.54) is 19.2 Å². The van der Waals surface area contributed by atoms with E-state index in [4.69, 9.17) is 9.47 Å². The van der Waals surface area contributed by atoms with Crippen molar-refractivity contribution in [3.8, 4) is 11.5 Å². The summed E-state index contributed by atoms with van der Waals surface area (Å²) in [5.74, 6) is 0.750. The Labute approximate surface area is 182 Å². The molecule has 162 valence electrons. The Morgan fingerprint density at radius 3 is 2.16 bits per heavy atom. The lowest BCUT2D eigenvalue weighted by molar-refractivity contribution is -0.119. The predicted octanol–water partition coefficient (Wildman–Crippen LogP) is 3.22. The van der Waals surface area contributed by atoms with Crippen LogP contribution < -0.4 is 19.1 Å². The lowest BCUT2D eigenvalue weighted by Gasteiger charge is -2.24. The number of sulfonamides is 1. The molecule has 0 radical (unpaired) electrons.